The Balaban J connectivity index is 1.90. The third-order valence-corrected chi connectivity index (χ3v) is 3.26. The van der Waals surface area contributed by atoms with Gasteiger partial charge in [0.2, 0.25) is 0 Å². The maximum absolute atomic E-state index is 11.8. The van der Waals surface area contributed by atoms with Crippen LogP contribution in [0.15, 0.2) is 17.8 Å². The number of carbonyl (C=O) groups is 1. The molecule has 0 radical (unpaired) electrons. The van der Waals surface area contributed by atoms with Crippen molar-refractivity contribution in [2.45, 2.75) is 13.0 Å². The van der Waals surface area contributed by atoms with E-state index in [0.29, 0.717) is 25.2 Å². The summed E-state index contributed by atoms with van der Waals surface area (Å²) < 4.78 is 1.70. The Labute approximate surface area is 109 Å². The van der Waals surface area contributed by atoms with Crippen LogP contribution in [-0.2, 0) is 20.0 Å². The molecule has 1 amide bonds. The molecule has 0 aromatic carbocycles. The van der Waals surface area contributed by atoms with Crippen LogP contribution in [0.25, 0.3) is 0 Å². The van der Waals surface area contributed by atoms with Crippen LogP contribution in [0.4, 0.5) is 0 Å². The molecule has 3 N–H and O–H groups in total. The van der Waals surface area contributed by atoms with E-state index in [2.05, 4.69) is 15.4 Å². The van der Waals surface area contributed by atoms with Crippen LogP contribution >= 0.6 is 11.3 Å². The molecule has 0 saturated carbocycles. The van der Waals surface area contributed by atoms with Crippen LogP contribution in [0, 0.1) is 0 Å². The van der Waals surface area contributed by atoms with Crippen molar-refractivity contribution in [3.05, 3.63) is 34.0 Å². The van der Waals surface area contributed by atoms with Crippen LogP contribution in [0.1, 0.15) is 21.1 Å². The maximum Gasteiger partial charge on any atom is 0.271 e. The Hall–Kier alpha value is -1.73. The van der Waals surface area contributed by atoms with Crippen LogP contribution in [0.2, 0.25) is 0 Å². The number of hydrogen-bond acceptors (Lipinski definition) is 5. The van der Waals surface area contributed by atoms with E-state index < -0.39 is 0 Å². The van der Waals surface area contributed by atoms with Crippen molar-refractivity contribution in [2.24, 2.45) is 12.8 Å². The van der Waals surface area contributed by atoms with Gasteiger partial charge in [0.1, 0.15) is 5.69 Å². The molecule has 0 aliphatic carbocycles. The molecule has 2 aromatic rings. The van der Waals surface area contributed by atoms with Gasteiger partial charge in [-0.25, -0.2) is 4.98 Å². The molecule has 0 aliphatic rings. The highest BCUT2D eigenvalue weighted by Gasteiger charge is 2.10. The smallest absolute Gasteiger partial charge is 0.271 e. The highest BCUT2D eigenvalue weighted by molar-refractivity contribution is 7.09. The van der Waals surface area contributed by atoms with Crippen molar-refractivity contribution in [2.75, 3.05) is 6.54 Å². The fourth-order valence-electron chi connectivity index (χ4n) is 1.49. The normalized spacial score (nSPS) is 10.6. The molecule has 96 valence electrons. The van der Waals surface area contributed by atoms with Crippen molar-refractivity contribution in [3.63, 3.8) is 0 Å². The summed E-state index contributed by atoms with van der Waals surface area (Å²) in [4.78, 5) is 16.0. The highest BCUT2D eigenvalue weighted by Crippen LogP contribution is 2.10. The van der Waals surface area contributed by atoms with Crippen molar-refractivity contribution in [3.8, 4) is 0 Å². The molecule has 0 aliphatic heterocycles. The molecule has 2 rings (SSSR count). The van der Waals surface area contributed by atoms with Crippen LogP contribution in [-0.4, -0.2) is 27.2 Å². The molecule has 7 heteroatoms. The van der Waals surface area contributed by atoms with Crippen LogP contribution in [0.5, 0.6) is 0 Å². The number of aryl methyl sites for hydroxylation is 1. The van der Waals surface area contributed by atoms with Gasteiger partial charge in [-0.2, -0.15) is 5.10 Å². The molecule has 2 aromatic heterocycles. The number of nitrogens with one attached hydrogen (secondary N) is 1. The van der Waals surface area contributed by atoms with Gasteiger partial charge in [-0.3, -0.25) is 9.48 Å². The summed E-state index contributed by atoms with van der Waals surface area (Å²) in [6.07, 6.45) is 4.29. The topological polar surface area (TPSA) is 85.8 Å². The number of amides is 1. The van der Waals surface area contributed by atoms with Gasteiger partial charge in [0.25, 0.3) is 5.91 Å². The average molecular weight is 265 g/mol. The van der Waals surface area contributed by atoms with Crippen LogP contribution in [0.3, 0.4) is 0 Å². The Bertz CT molecular complexity index is 533. The Morgan fingerprint density at radius 1 is 1.61 bits per heavy atom. The van der Waals surface area contributed by atoms with Gasteiger partial charge < -0.3 is 11.1 Å². The van der Waals surface area contributed by atoms with E-state index in [4.69, 9.17) is 5.73 Å². The van der Waals surface area contributed by atoms with E-state index >= 15 is 0 Å². The molecule has 0 atom stereocenters. The second kappa shape index (κ2) is 5.74. The monoisotopic (exact) mass is 265 g/mol. The largest absolute Gasteiger partial charge is 0.346 e. The number of carbonyl (C=O) groups excluding carboxylic acids is 1. The van der Waals surface area contributed by atoms with Gasteiger partial charge in [-0.15, -0.1) is 11.3 Å². The first-order valence-corrected chi connectivity index (χ1v) is 6.47. The summed E-state index contributed by atoms with van der Waals surface area (Å²) in [5, 5.41) is 9.48. The Kier molecular flexibility index (Phi) is 4.06. The summed E-state index contributed by atoms with van der Waals surface area (Å²) >= 11 is 1.46. The second-order valence-electron chi connectivity index (χ2n) is 3.87. The molecular weight excluding hydrogens is 250 g/mol. The summed E-state index contributed by atoms with van der Waals surface area (Å²) in [5.41, 5.74) is 6.85. The standard InChI is InChI=1S/C11H15N5OS/c1-16-6-8(5-14-16)4-13-11(17)9-7-18-10(15-9)2-3-12/h5-7H,2-4,12H2,1H3,(H,13,17). The minimum Gasteiger partial charge on any atom is -0.346 e. The number of aromatic nitrogens is 3. The summed E-state index contributed by atoms with van der Waals surface area (Å²) in [5.74, 6) is -0.168. The SMILES string of the molecule is Cn1cc(CNC(=O)c2csc(CCN)n2)cn1. The van der Waals surface area contributed by atoms with E-state index in [-0.39, 0.29) is 5.91 Å². The lowest BCUT2D eigenvalue weighted by molar-refractivity contribution is 0.0946. The van der Waals surface area contributed by atoms with Gasteiger partial charge in [-0.05, 0) is 6.54 Å². The zero-order chi connectivity index (χ0) is 13.0. The molecular formula is C11H15N5OS. The second-order valence-corrected chi connectivity index (χ2v) is 4.81. The third kappa shape index (κ3) is 3.14. The average Bonchev–Trinajstić information content (AvgIpc) is 2.96. The maximum atomic E-state index is 11.8. The zero-order valence-electron chi connectivity index (χ0n) is 10.1. The predicted molar refractivity (Wildman–Crippen MR) is 69.3 cm³/mol. The number of thiazole rings is 1. The van der Waals surface area contributed by atoms with Gasteiger partial charge in [-0.1, -0.05) is 0 Å². The summed E-state index contributed by atoms with van der Waals surface area (Å²) in [6, 6.07) is 0. The van der Waals surface area contributed by atoms with Gasteiger partial charge in [0, 0.05) is 37.2 Å². The summed E-state index contributed by atoms with van der Waals surface area (Å²) in [7, 11) is 1.84. The minimum atomic E-state index is -0.168. The van der Waals surface area contributed by atoms with E-state index in [0.717, 1.165) is 10.6 Å². The lowest BCUT2D eigenvalue weighted by Crippen LogP contribution is -2.23. The number of hydrogen-bond donors (Lipinski definition) is 2. The predicted octanol–water partition coefficient (Wildman–Crippen LogP) is 0.308. The molecule has 2 heterocycles. The Morgan fingerprint density at radius 2 is 2.44 bits per heavy atom. The van der Waals surface area contributed by atoms with E-state index in [1.165, 1.54) is 11.3 Å². The fourth-order valence-corrected chi connectivity index (χ4v) is 2.28. The van der Waals surface area contributed by atoms with Crippen LogP contribution < -0.4 is 11.1 Å². The number of nitrogens with zero attached hydrogens (tertiary/aromatic N) is 3. The molecule has 0 bridgehead atoms. The van der Waals surface area contributed by atoms with E-state index in [1.54, 1.807) is 16.3 Å². The first-order chi connectivity index (χ1) is 8.69. The molecule has 6 nitrogen and oxygen atoms in total. The summed E-state index contributed by atoms with van der Waals surface area (Å²) in [6.45, 7) is 1.00. The van der Waals surface area contributed by atoms with Gasteiger partial charge in [0.05, 0.1) is 11.2 Å². The van der Waals surface area contributed by atoms with Crippen molar-refractivity contribution < 1.29 is 4.79 Å². The van der Waals surface area contributed by atoms with Crippen molar-refractivity contribution >= 4 is 17.2 Å². The number of rotatable bonds is 5. The quantitative estimate of drug-likeness (QED) is 0.814. The lowest BCUT2D eigenvalue weighted by atomic mass is 10.3. The van der Waals surface area contributed by atoms with E-state index in [1.807, 2.05) is 13.2 Å². The van der Waals surface area contributed by atoms with Crippen molar-refractivity contribution in [1.82, 2.24) is 20.1 Å². The molecule has 0 unspecified atom stereocenters. The number of nitrogens with two attached hydrogens (primary N) is 1. The lowest BCUT2D eigenvalue weighted by Gasteiger charge is -2.00. The highest BCUT2D eigenvalue weighted by atomic mass is 32.1. The van der Waals surface area contributed by atoms with Crippen molar-refractivity contribution in [1.29, 1.82) is 0 Å². The fraction of sp³-hybridized carbons (Fsp3) is 0.364. The van der Waals surface area contributed by atoms with Gasteiger partial charge >= 0.3 is 0 Å². The Morgan fingerprint density at radius 3 is 3.11 bits per heavy atom. The molecule has 0 saturated heterocycles. The molecule has 18 heavy (non-hydrogen) atoms. The third-order valence-electron chi connectivity index (χ3n) is 2.35. The molecule has 0 fully saturated rings. The first kappa shape index (κ1) is 12.7. The molecule has 0 spiro atoms. The zero-order valence-corrected chi connectivity index (χ0v) is 10.9. The first-order valence-electron chi connectivity index (χ1n) is 5.59. The minimum absolute atomic E-state index is 0.168. The van der Waals surface area contributed by atoms with Gasteiger partial charge in [0.15, 0.2) is 0 Å². The van der Waals surface area contributed by atoms with E-state index in [9.17, 15) is 4.79 Å².